The van der Waals surface area contributed by atoms with E-state index in [1.54, 1.807) is 29.0 Å². The lowest BCUT2D eigenvalue weighted by atomic mass is 10.3. The molecular formula is C13H12N4S2. The Kier molecular flexibility index (Phi) is 3.27. The van der Waals surface area contributed by atoms with Gasteiger partial charge in [0.05, 0.1) is 16.4 Å². The molecule has 0 unspecified atom stereocenters. The molecule has 6 heteroatoms. The first-order chi connectivity index (χ1) is 9.24. The van der Waals surface area contributed by atoms with E-state index in [9.17, 15) is 0 Å². The topological polar surface area (TPSA) is 50.2 Å². The molecule has 3 aromatic heterocycles. The maximum Gasteiger partial charge on any atom is 0.167 e. The van der Waals surface area contributed by atoms with Crippen LogP contribution in [0.15, 0.2) is 28.9 Å². The molecule has 0 radical (unpaired) electrons. The number of thiophene rings is 2. The molecule has 0 spiro atoms. The van der Waals surface area contributed by atoms with Crippen molar-refractivity contribution in [3.63, 3.8) is 0 Å². The molecule has 1 N–H and O–H groups in total. The first-order valence-electron chi connectivity index (χ1n) is 5.78. The minimum absolute atomic E-state index is 0.757. The molecule has 0 bridgehead atoms. The van der Waals surface area contributed by atoms with Gasteiger partial charge in [-0.25, -0.2) is 9.97 Å². The summed E-state index contributed by atoms with van der Waals surface area (Å²) in [4.78, 5) is 10.9. The molecule has 3 aromatic rings. The van der Waals surface area contributed by atoms with E-state index < -0.39 is 0 Å². The summed E-state index contributed by atoms with van der Waals surface area (Å²) in [7, 11) is 0. The summed E-state index contributed by atoms with van der Waals surface area (Å²) in [6.07, 6.45) is 3.38. The van der Waals surface area contributed by atoms with Crippen LogP contribution in [0.1, 0.15) is 15.3 Å². The first kappa shape index (κ1) is 12.3. The highest BCUT2D eigenvalue weighted by atomic mass is 32.1. The molecule has 4 nitrogen and oxygen atoms in total. The number of hydrogen-bond acceptors (Lipinski definition) is 6. The highest BCUT2D eigenvalue weighted by Gasteiger charge is 2.06. The monoisotopic (exact) mass is 288 g/mol. The van der Waals surface area contributed by atoms with E-state index in [-0.39, 0.29) is 0 Å². The van der Waals surface area contributed by atoms with Crippen LogP contribution in [0, 0.1) is 13.8 Å². The third-order valence-corrected chi connectivity index (χ3v) is 4.68. The highest BCUT2D eigenvalue weighted by molar-refractivity contribution is 7.18. The average Bonchev–Trinajstić information content (AvgIpc) is 2.98. The fourth-order valence-corrected chi connectivity index (χ4v) is 3.42. The summed E-state index contributed by atoms with van der Waals surface area (Å²) in [6, 6.07) is 4.13. The summed E-state index contributed by atoms with van der Waals surface area (Å²) in [5, 5.41) is 6.32. The van der Waals surface area contributed by atoms with E-state index in [0.29, 0.717) is 0 Å². The van der Waals surface area contributed by atoms with Crippen molar-refractivity contribution in [2.75, 3.05) is 5.43 Å². The number of nitrogens with zero attached hydrogens (tertiary/aromatic N) is 3. The number of rotatable bonds is 3. The van der Waals surface area contributed by atoms with Gasteiger partial charge in [0.15, 0.2) is 5.82 Å². The van der Waals surface area contributed by atoms with Crippen molar-refractivity contribution in [3.05, 3.63) is 39.2 Å². The van der Waals surface area contributed by atoms with Crippen molar-refractivity contribution in [1.29, 1.82) is 0 Å². The Bertz CT molecular complexity index is 742. The molecule has 96 valence electrons. The molecular weight excluding hydrogens is 276 g/mol. The molecule has 0 aromatic carbocycles. The van der Waals surface area contributed by atoms with Crippen LogP contribution in [0.25, 0.3) is 10.2 Å². The van der Waals surface area contributed by atoms with Gasteiger partial charge in [0.25, 0.3) is 0 Å². The van der Waals surface area contributed by atoms with Gasteiger partial charge in [-0.15, -0.1) is 22.7 Å². The minimum atomic E-state index is 0.757. The van der Waals surface area contributed by atoms with Crippen LogP contribution in [-0.4, -0.2) is 16.2 Å². The Morgan fingerprint density at radius 2 is 2.16 bits per heavy atom. The van der Waals surface area contributed by atoms with Crippen LogP contribution in [0.5, 0.6) is 0 Å². The fourth-order valence-electron chi connectivity index (χ4n) is 1.73. The van der Waals surface area contributed by atoms with E-state index in [1.807, 2.05) is 13.1 Å². The number of fused-ring (bicyclic) bond motifs is 1. The van der Waals surface area contributed by atoms with Crippen LogP contribution in [0.2, 0.25) is 0 Å². The lowest BCUT2D eigenvalue weighted by molar-refractivity contribution is 1.18. The molecule has 3 heterocycles. The lowest BCUT2D eigenvalue weighted by Crippen LogP contribution is -1.93. The van der Waals surface area contributed by atoms with Gasteiger partial charge >= 0.3 is 0 Å². The summed E-state index contributed by atoms with van der Waals surface area (Å²) >= 11 is 3.34. The third-order valence-electron chi connectivity index (χ3n) is 2.65. The highest BCUT2D eigenvalue weighted by Crippen LogP contribution is 2.28. The maximum atomic E-state index is 4.28. The molecule has 0 saturated heterocycles. The van der Waals surface area contributed by atoms with Crippen molar-refractivity contribution in [3.8, 4) is 0 Å². The largest absolute Gasteiger partial charge is 0.260 e. The van der Waals surface area contributed by atoms with Gasteiger partial charge in [-0.05, 0) is 36.9 Å². The summed E-state index contributed by atoms with van der Waals surface area (Å²) < 4.78 is 1.04. The second-order valence-corrected chi connectivity index (χ2v) is 6.34. The van der Waals surface area contributed by atoms with Crippen molar-refractivity contribution >= 4 is 44.9 Å². The number of hydrogen-bond donors (Lipinski definition) is 1. The van der Waals surface area contributed by atoms with Crippen LogP contribution in [0.3, 0.4) is 0 Å². The molecule has 0 aliphatic carbocycles. The zero-order chi connectivity index (χ0) is 13.2. The van der Waals surface area contributed by atoms with Gasteiger partial charge in [-0.1, -0.05) is 0 Å². The van der Waals surface area contributed by atoms with Crippen LogP contribution >= 0.6 is 22.7 Å². The first-order valence-corrected chi connectivity index (χ1v) is 7.48. The van der Waals surface area contributed by atoms with Crippen molar-refractivity contribution in [1.82, 2.24) is 9.97 Å². The van der Waals surface area contributed by atoms with E-state index in [1.165, 1.54) is 10.4 Å². The molecule has 0 amide bonds. The molecule has 0 atom stereocenters. The zero-order valence-corrected chi connectivity index (χ0v) is 12.2. The van der Waals surface area contributed by atoms with Crippen LogP contribution in [0.4, 0.5) is 5.82 Å². The molecule has 3 rings (SSSR count). The van der Waals surface area contributed by atoms with E-state index in [2.05, 4.69) is 44.9 Å². The number of anilines is 1. The van der Waals surface area contributed by atoms with Crippen molar-refractivity contribution in [2.45, 2.75) is 13.8 Å². The predicted octanol–water partition coefficient (Wildman–Crippen LogP) is 3.82. The summed E-state index contributed by atoms with van der Waals surface area (Å²) in [6.45, 7) is 4.13. The lowest BCUT2D eigenvalue weighted by Gasteiger charge is -1.99. The average molecular weight is 288 g/mol. The molecule has 19 heavy (non-hydrogen) atoms. The molecule has 0 aliphatic rings. The van der Waals surface area contributed by atoms with Crippen LogP contribution < -0.4 is 5.43 Å². The SMILES string of the molecule is Cc1ccc(/C=N/Nc2ncnc3c(C)csc23)s1. The van der Waals surface area contributed by atoms with Gasteiger partial charge < -0.3 is 0 Å². The van der Waals surface area contributed by atoms with E-state index in [4.69, 9.17) is 0 Å². The van der Waals surface area contributed by atoms with Crippen LogP contribution in [-0.2, 0) is 0 Å². The van der Waals surface area contributed by atoms with E-state index in [0.717, 1.165) is 20.9 Å². The Morgan fingerprint density at radius 3 is 2.95 bits per heavy atom. The molecule has 0 saturated carbocycles. The normalized spacial score (nSPS) is 11.5. The van der Waals surface area contributed by atoms with Gasteiger partial charge in [-0.3, -0.25) is 5.43 Å². The Labute approximate surface area is 118 Å². The van der Waals surface area contributed by atoms with Gasteiger partial charge in [0, 0.05) is 9.75 Å². The quantitative estimate of drug-likeness (QED) is 0.589. The Balaban J connectivity index is 1.84. The smallest absolute Gasteiger partial charge is 0.167 e. The third kappa shape index (κ3) is 2.50. The predicted molar refractivity (Wildman–Crippen MR) is 82.4 cm³/mol. The van der Waals surface area contributed by atoms with E-state index >= 15 is 0 Å². The number of aryl methyl sites for hydroxylation is 2. The molecule has 0 aliphatic heterocycles. The maximum absolute atomic E-state index is 4.28. The standard InChI is InChI=1S/C13H12N4S2/c1-8-6-18-12-11(8)14-7-15-13(12)17-16-5-10-4-3-9(2)19-10/h3-7H,1-2H3,(H,14,15,17)/b16-5+. The summed E-state index contributed by atoms with van der Waals surface area (Å²) in [5.74, 6) is 0.757. The van der Waals surface area contributed by atoms with Gasteiger partial charge in [0.1, 0.15) is 6.33 Å². The fraction of sp³-hybridized carbons (Fsp3) is 0.154. The zero-order valence-electron chi connectivity index (χ0n) is 10.5. The number of hydrazone groups is 1. The number of nitrogens with one attached hydrogen (secondary N) is 1. The Morgan fingerprint density at radius 1 is 1.26 bits per heavy atom. The van der Waals surface area contributed by atoms with Gasteiger partial charge in [-0.2, -0.15) is 5.10 Å². The number of aromatic nitrogens is 2. The minimum Gasteiger partial charge on any atom is -0.260 e. The second kappa shape index (κ2) is 5.07. The second-order valence-electron chi connectivity index (χ2n) is 4.14. The Hall–Kier alpha value is -1.79. The van der Waals surface area contributed by atoms with Crippen molar-refractivity contribution < 1.29 is 0 Å². The van der Waals surface area contributed by atoms with Crippen molar-refractivity contribution in [2.24, 2.45) is 5.10 Å². The van der Waals surface area contributed by atoms with Gasteiger partial charge in [0.2, 0.25) is 0 Å². The summed E-state index contributed by atoms with van der Waals surface area (Å²) in [5.41, 5.74) is 5.15. The molecule has 0 fully saturated rings.